The second kappa shape index (κ2) is 13.0. The van der Waals surface area contributed by atoms with Crippen LogP contribution in [0.2, 0.25) is 0 Å². The lowest BCUT2D eigenvalue weighted by molar-refractivity contribution is -0.144. The number of aliphatic carboxylic acids is 2. The molecule has 0 bridgehead atoms. The molecule has 1 rings (SSSR count). The summed E-state index contributed by atoms with van der Waals surface area (Å²) in [5, 5.41) is 29.1. The fourth-order valence-corrected chi connectivity index (χ4v) is 3.43. The summed E-state index contributed by atoms with van der Waals surface area (Å²) in [4.78, 5) is 60.7. The molecular weight excluding hydrogens is 420 g/mol. The maximum absolute atomic E-state index is 12.9. The molecule has 0 radical (unpaired) electrons. The number of carbonyl (C=O) groups is 5. The zero-order valence-corrected chi connectivity index (χ0v) is 19.1. The van der Waals surface area contributed by atoms with Crippen molar-refractivity contribution in [1.29, 1.82) is 0 Å². The molecule has 1 fully saturated rings. The van der Waals surface area contributed by atoms with Crippen molar-refractivity contribution in [2.24, 2.45) is 11.8 Å². The van der Waals surface area contributed by atoms with E-state index >= 15 is 0 Å². The summed E-state index contributed by atoms with van der Waals surface area (Å²) in [6.45, 7) is 7.65. The van der Waals surface area contributed by atoms with Crippen molar-refractivity contribution >= 4 is 29.7 Å². The lowest BCUT2D eigenvalue weighted by Gasteiger charge is -2.27. The number of rotatable bonds is 13. The van der Waals surface area contributed by atoms with E-state index < -0.39 is 48.3 Å². The van der Waals surface area contributed by atoms with Crippen molar-refractivity contribution in [2.75, 3.05) is 6.54 Å². The van der Waals surface area contributed by atoms with Crippen LogP contribution in [0.5, 0.6) is 0 Å². The van der Waals surface area contributed by atoms with Crippen molar-refractivity contribution in [3.8, 4) is 0 Å². The molecule has 5 unspecified atom stereocenters. The van der Waals surface area contributed by atoms with E-state index in [0.29, 0.717) is 12.8 Å². The van der Waals surface area contributed by atoms with Crippen LogP contribution in [0.3, 0.4) is 0 Å². The second-order valence-corrected chi connectivity index (χ2v) is 8.58. The Morgan fingerprint density at radius 3 is 2.09 bits per heavy atom. The topological polar surface area (TPSA) is 174 Å². The highest BCUT2D eigenvalue weighted by atomic mass is 16.4. The van der Waals surface area contributed by atoms with E-state index in [9.17, 15) is 29.1 Å². The fraction of sp³-hybridized carbons (Fsp3) is 0.762. The summed E-state index contributed by atoms with van der Waals surface area (Å²) >= 11 is 0. The molecule has 0 aromatic carbocycles. The highest BCUT2D eigenvalue weighted by Crippen LogP contribution is 2.11. The molecule has 1 saturated heterocycles. The minimum Gasteiger partial charge on any atom is -0.481 e. The van der Waals surface area contributed by atoms with E-state index in [1.54, 1.807) is 27.7 Å². The van der Waals surface area contributed by atoms with Crippen LogP contribution >= 0.6 is 0 Å². The Hall–Kier alpha value is -2.69. The van der Waals surface area contributed by atoms with Gasteiger partial charge in [0, 0.05) is 6.42 Å². The predicted octanol–water partition coefficient (Wildman–Crippen LogP) is -0.156. The molecule has 11 heteroatoms. The summed E-state index contributed by atoms with van der Waals surface area (Å²) in [6, 6.07) is -3.75. The van der Waals surface area contributed by atoms with Crippen LogP contribution in [0.4, 0.5) is 0 Å². The van der Waals surface area contributed by atoms with E-state index in [-0.39, 0.29) is 30.2 Å². The van der Waals surface area contributed by atoms with E-state index in [4.69, 9.17) is 5.11 Å². The highest BCUT2D eigenvalue weighted by Gasteiger charge is 2.33. The quantitative estimate of drug-likeness (QED) is 0.222. The third-order valence-electron chi connectivity index (χ3n) is 5.68. The van der Waals surface area contributed by atoms with Gasteiger partial charge in [0.05, 0.1) is 6.04 Å². The Labute approximate surface area is 188 Å². The number of carbonyl (C=O) groups excluding carboxylic acids is 3. The molecule has 182 valence electrons. The van der Waals surface area contributed by atoms with Crippen LogP contribution in [-0.4, -0.2) is 70.6 Å². The lowest BCUT2D eigenvalue weighted by Crippen LogP contribution is -2.58. The smallest absolute Gasteiger partial charge is 0.326 e. The SMILES string of the molecule is CCC(C)C(NC(=O)C(CCC(=O)O)NC(=O)C(NC(=O)C1CCCN1)C(C)C)C(=O)O. The molecule has 3 amide bonds. The monoisotopic (exact) mass is 456 g/mol. The molecule has 0 aromatic rings. The Morgan fingerprint density at radius 2 is 1.62 bits per heavy atom. The molecule has 1 aliphatic rings. The van der Waals surface area contributed by atoms with Crippen molar-refractivity contribution in [2.45, 2.75) is 84.0 Å². The van der Waals surface area contributed by atoms with Crippen LogP contribution in [-0.2, 0) is 24.0 Å². The van der Waals surface area contributed by atoms with Crippen LogP contribution in [0, 0.1) is 11.8 Å². The Bertz CT molecular complexity index is 692. The van der Waals surface area contributed by atoms with Crippen LogP contribution in [0.1, 0.15) is 59.8 Å². The first-order chi connectivity index (χ1) is 15.0. The summed E-state index contributed by atoms with van der Waals surface area (Å²) < 4.78 is 0. The second-order valence-electron chi connectivity index (χ2n) is 8.58. The number of carboxylic acids is 2. The molecule has 11 nitrogen and oxygen atoms in total. The van der Waals surface area contributed by atoms with Crippen molar-refractivity contribution < 1.29 is 34.2 Å². The standard InChI is InChI=1S/C21H36N4O7/c1-5-12(4)17(21(31)32)25-19(29)14(8-9-15(26)27)23-20(30)16(11(2)3)24-18(28)13-7-6-10-22-13/h11-14,16-17,22H,5-10H2,1-4H3,(H,23,30)(H,24,28)(H,25,29)(H,26,27)(H,31,32). The molecule has 0 saturated carbocycles. The Morgan fingerprint density at radius 1 is 0.969 bits per heavy atom. The molecule has 0 aromatic heterocycles. The van der Waals surface area contributed by atoms with E-state index in [1.807, 2.05) is 0 Å². The largest absolute Gasteiger partial charge is 0.481 e. The zero-order valence-electron chi connectivity index (χ0n) is 19.1. The van der Waals surface area contributed by atoms with Crippen LogP contribution in [0.25, 0.3) is 0 Å². The Balaban J connectivity index is 2.94. The summed E-state index contributed by atoms with van der Waals surface area (Å²) in [5.41, 5.74) is 0. The lowest BCUT2D eigenvalue weighted by atomic mass is 9.98. The average Bonchev–Trinajstić information content (AvgIpc) is 3.26. The van der Waals surface area contributed by atoms with Gasteiger partial charge in [-0.1, -0.05) is 34.1 Å². The first-order valence-corrected chi connectivity index (χ1v) is 11.1. The van der Waals surface area contributed by atoms with Gasteiger partial charge in [-0.2, -0.15) is 0 Å². The first kappa shape index (κ1) is 27.3. The number of hydrogen-bond acceptors (Lipinski definition) is 6. The number of hydrogen-bond donors (Lipinski definition) is 6. The van der Waals surface area contributed by atoms with Gasteiger partial charge in [-0.3, -0.25) is 19.2 Å². The van der Waals surface area contributed by atoms with Crippen molar-refractivity contribution in [3.63, 3.8) is 0 Å². The first-order valence-electron chi connectivity index (χ1n) is 11.1. The number of carboxylic acid groups (broad SMARTS) is 2. The fourth-order valence-electron chi connectivity index (χ4n) is 3.43. The van der Waals surface area contributed by atoms with E-state index in [2.05, 4.69) is 21.3 Å². The van der Waals surface area contributed by atoms with Crippen LogP contribution < -0.4 is 21.3 Å². The molecule has 1 heterocycles. The van der Waals surface area contributed by atoms with Crippen molar-refractivity contribution in [3.05, 3.63) is 0 Å². The van der Waals surface area contributed by atoms with Gasteiger partial charge in [0.1, 0.15) is 18.1 Å². The van der Waals surface area contributed by atoms with Gasteiger partial charge in [0.25, 0.3) is 0 Å². The van der Waals surface area contributed by atoms with Gasteiger partial charge in [-0.25, -0.2) is 4.79 Å². The van der Waals surface area contributed by atoms with Gasteiger partial charge in [-0.15, -0.1) is 0 Å². The van der Waals surface area contributed by atoms with Gasteiger partial charge >= 0.3 is 11.9 Å². The van der Waals surface area contributed by atoms with E-state index in [0.717, 1.165) is 13.0 Å². The van der Waals surface area contributed by atoms with Gasteiger partial charge in [0.15, 0.2) is 0 Å². The van der Waals surface area contributed by atoms with Crippen molar-refractivity contribution in [1.82, 2.24) is 21.3 Å². The predicted molar refractivity (Wildman–Crippen MR) is 116 cm³/mol. The van der Waals surface area contributed by atoms with Gasteiger partial charge in [-0.05, 0) is 37.6 Å². The zero-order chi connectivity index (χ0) is 24.4. The maximum atomic E-state index is 12.9. The summed E-state index contributed by atoms with van der Waals surface area (Å²) in [6.07, 6.45) is 1.40. The van der Waals surface area contributed by atoms with E-state index in [1.165, 1.54) is 0 Å². The molecule has 6 N–H and O–H groups in total. The molecule has 5 atom stereocenters. The van der Waals surface area contributed by atoms with Gasteiger partial charge < -0.3 is 31.5 Å². The third-order valence-corrected chi connectivity index (χ3v) is 5.68. The molecule has 1 aliphatic heterocycles. The normalized spacial score (nSPS) is 19.5. The number of nitrogens with one attached hydrogen (secondary N) is 4. The molecular formula is C21H36N4O7. The molecule has 32 heavy (non-hydrogen) atoms. The maximum Gasteiger partial charge on any atom is 0.326 e. The van der Waals surface area contributed by atoms with Gasteiger partial charge in [0.2, 0.25) is 17.7 Å². The third kappa shape index (κ3) is 8.45. The summed E-state index contributed by atoms with van der Waals surface area (Å²) in [5.74, 6) is -4.76. The minimum atomic E-state index is -1.26. The highest BCUT2D eigenvalue weighted by molar-refractivity contribution is 5.94. The van der Waals surface area contributed by atoms with Crippen LogP contribution in [0.15, 0.2) is 0 Å². The Kier molecular flexibility index (Phi) is 11.1. The number of amides is 3. The minimum absolute atomic E-state index is 0.220. The molecule has 0 spiro atoms. The average molecular weight is 457 g/mol. The molecule has 0 aliphatic carbocycles. The summed E-state index contributed by atoms with van der Waals surface area (Å²) in [7, 11) is 0.